The Morgan fingerprint density at radius 1 is 1.12 bits per heavy atom. The molecule has 0 unspecified atom stereocenters. The number of benzene rings is 1. The van der Waals surface area contributed by atoms with Crippen molar-refractivity contribution in [2.45, 2.75) is 32.6 Å². The predicted octanol–water partition coefficient (Wildman–Crippen LogP) is 1.39. The van der Waals surface area contributed by atoms with Gasteiger partial charge in [-0.2, -0.15) is 4.31 Å². The zero-order valence-electron chi connectivity index (χ0n) is 15.5. The molecule has 1 N–H and O–H groups in total. The van der Waals surface area contributed by atoms with Crippen LogP contribution in [0.1, 0.15) is 22.3 Å². The van der Waals surface area contributed by atoms with Gasteiger partial charge in [-0.15, -0.1) is 12.4 Å². The fraction of sp³-hybridized carbons (Fsp3) is 0.588. The topological polar surface area (TPSA) is 69.7 Å². The van der Waals surface area contributed by atoms with Crippen LogP contribution in [-0.4, -0.2) is 63.3 Å². The molecule has 1 aromatic carbocycles. The predicted molar refractivity (Wildman–Crippen MR) is 102 cm³/mol. The molecule has 25 heavy (non-hydrogen) atoms. The lowest BCUT2D eigenvalue weighted by molar-refractivity contribution is -0.131. The number of sulfonamides is 1. The normalized spacial score (nSPS) is 15.2. The molecule has 0 aliphatic carbocycles. The Hall–Kier alpha value is -1.15. The number of carbonyl (C=O) groups excluding carboxylic acids is 1. The minimum Gasteiger partial charge on any atom is -0.339 e. The van der Waals surface area contributed by atoms with Gasteiger partial charge in [-0.3, -0.25) is 4.79 Å². The second kappa shape index (κ2) is 8.49. The van der Waals surface area contributed by atoms with Crippen LogP contribution in [0.15, 0.2) is 11.0 Å². The minimum absolute atomic E-state index is 0. The van der Waals surface area contributed by atoms with Crippen LogP contribution in [0.2, 0.25) is 0 Å². The molecule has 6 nitrogen and oxygen atoms in total. The Labute approximate surface area is 157 Å². The molecule has 0 saturated carbocycles. The molecule has 1 heterocycles. The zero-order chi connectivity index (χ0) is 18.1. The molecular formula is C17H28ClN3O3S. The quantitative estimate of drug-likeness (QED) is 0.844. The number of halogens is 1. The van der Waals surface area contributed by atoms with E-state index in [4.69, 9.17) is 0 Å². The number of nitrogens with zero attached hydrogens (tertiary/aromatic N) is 2. The monoisotopic (exact) mass is 389 g/mol. The standard InChI is InChI=1S/C17H27N3O3S.ClH/c1-12-10-13(2)15(4)17(14(12)3)24(22,23)19(5)11-16(21)20-8-6-18-7-9-20;/h10,18H,6-9,11H2,1-5H3;1H. The number of rotatable bonds is 4. The van der Waals surface area contributed by atoms with E-state index in [1.54, 1.807) is 4.90 Å². The fourth-order valence-corrected chi connectivity index (χ4v) is 4.70. The summed E-state index contributed by atoms with van der Waals surface area (Å²) in [5.41, 5.74) is 3.39. The maximum atomic E-state index is 13.0. The molecule has 0 atom stereocenters. The second-order valence-corrected chi connectivity index (χ2v) is 8.46. The Morgan fingerprint density at radius 2 is 1.60 bits per heavy atom. The smallest absolute Gasteiger partial charge is 0.243 e. The number of piperazine rings is 1. The van der Waals surface area contributed by atoms with E-state index in [0.29, 0.717) is 18.0 Å². The summed E-state index contributed by atoms with van der Waals surface area (Å²) in [5, 5.41) is 3.18. The highest BCUT2D eigenvalue weighted by Gasteiger charge is 2.29. The van der Waals surface area contributed by atoms with Crippen molar-refractivity contribution in [1.29, 1.82) is 0 Å². The van der Waals surface area contributed by atoms with E-state index in [-0.39, 0.29) is 24.9 Å². The van der Waals surface area contributed by atoms with Crippen molar-refractivity contribution in [1.82, 2.24) is 14.5 Å². The fourth-order valence-electron chi connectivity index (χ4n) is 3.01. The molecule has 1 amide bonds. The molecule has 142 valence electrons. The van der Waals surface area contributed by atoms with Crippen LogP contribution >= 0.6 is 12.4 Å². The van der Waals surface area contributed by atoms with Crippen LogP contribution in [0, 0.1) is 27.7 Å². The van der Waals surface area contributed by atoms with Crippen LogP contribution in [0.5, 0.6) is 0 Å². The molecule has 1 aliphatic heterocycles. The highest BCUT2D eigenvalue weighted by molar-refractivity contribution is 7.89. The summed E-state index contributed by atoms with van der Waals surface area (Å²) in [6, 6.07) is 2.00. The molecule has 1 aromatic rings. The van der Waals surface area contributed by atoms with Gasteiger partial charge in [0.2, 0.25) is 15.9 Å². The highest BCUT2D eigenvalue weighted by atomic mass is 35.5. The Balaban J connectivity index is 0.00000312. The third kappa shape index (κ3) is 4.53. The Kier molecular flexibility index (Phi) is 7.43. The zero-order valence-corrected chi connectivity index (χ0v) is 17.2. The van der Waals surface area contributed by atoms with Gasteiger partial charge in [0, 0.05) is 33.2 Å². The number of amides is 1. The van der Waals surface area contributed by atoms with Gasteiger partial charge < -0.3 is 10.2 Å². The van der Waals surface area contributed by atoms with Gasteiger partial charge >= 0.3 is 0 Å². The molecule has 1 aliphatic rings. The summed E-state index contributed by atoms with van der Waals surface area (Å²) in [5.74, 6) is -0.151. The van der Waals surface area contributed by atoms with Crippen LogP contribution in [0.4, 0.5) is 0 Å². The molecule has 0 bridgehead atoms. The number of hydrogen-bond acceptors (Lipinski definition) is 4. The van der Waals surface area contributed by atoms with Crippen molar-refractivity contribution in [3.8, 4) is 0 Å². The van der Waals surface area contributed by atoms with E-state index < -0.39 is 10.0 Å². The first-order valence-corrected chi connectivity index (χ1v) is 9.62. The van der Waals surface area contributed by atoms with E-state index in [1.165, 1.54) is 11.4 Å². The van der Waals surface area contributed by atoms with Gasteiger partial charge in [-0.25, -0.2) is 8.42 Å². The second-order valence-electron chi connectivity index (χ2n) is 6.48. The number of nitrogens with one attached hydrogen (secondary N) is 1. The molecule has 2 rings (SSSR count). The highest BCUT2D eigenvalue weighted by Crippen LogP contribution is 2.28. The van der Waals surface area contributed by atoms with Crippen molar-refractivity contribution in [2.24, 2.45) is 0 Å². The first-order valence-electron chi connectivity index (χ1n) is 8.18. The lowest BCUT2D eigenvalue weighted by atomic mass is 10.0. The first kappa shape index (κ1) is 21.9. The van der Waals surface area contributed by atoms with E-state index in [9.17, 15) is 13.2 Å². The third-order valence-electron chi connectivity index (χ3n) is 4.79. The van der Waals surface area contributed by atoms with Crippen molar-refractivity contribution in [3.05, 3.63) is 28.3 Å². The summed E-state index contributed by atoms with van der Waals surface area (Å²) in [4.78, 5) is 14.4. The molecular weight excluding hydrogens is 362 g/mol. The average molecular weight is 390 g/mol. The number of likely N-dealkylation sites (N-methyl/N-ethyl adjacent to an activating group) is 1. The van der Waals surface area contributed by atoms with Crippen LogP contribution in [-0.2, 0) is 14.8 Å². The van der Waals surface area contributed by atoms with E-state index >= 15 is 0 Å². The van der Waals surface area contributed by atoms with E-state index in [1.807, 2.05) is 33.8 Å². The van der Waals surface area contributed by atoms with Crippen molar-refractivity contribution in [3.63, 3.8) is 0 Å². The minimum atomic E-state index is -3.71. The van der Waals surface area contributed by atoms with Crippen LogP contribution < -0.4 is 5.32 Å². The lowest BCUT2D eigenvalue weighted by Gasteiger charge is -2.29. The first-order chi connectivity index (χ1) is 11.2. The maximum Gasteiger partial charge on any atom is 0.243 e. The SMILES string of the molecule is Cc1cc(C)c(C)c(S(=O)(=O)N(C)CC(=O)N2CCNCC2)c1C.Cl. The van der Waals surface area contributed by atoms with Crippen LogP contribution in [0.3, 0.4) is 0 Å². The molecule has 0 aromatic heterocycles. The summed E-state index contributed by atoms with van der Waals surface area (Å²) in [6.07, 6.45) is 0. The van der Waals surface area contributed by atoms with Gasteiger partial charge in [0.15, 0.2) is 0 Å². The summed E-state index contributed by atoms with van der Waals surface area (Å²) < 4.78 is 27.3. The molecule has 8 heteroatoms. The third-order valence-corrected chi connectivity index (χ3v) is 6.87. The number of carbonyl (C=O) groups is 1. The van der Waals surface area contributed by atoms with Crippen molar-refractivity contribution < 1.29 is 13.2 Å². The van der Waals surface area contributed by atoms with E-state index in [2.05, 4.69) is 5.32 Å². The van der Waals surface area contributed by atoms with Gasteiger partial charge in [-0.1, -0.05) is 6.07 Å². The Bertz CT molecular complexity index is 718. The summed E-state index contributed by atoms with van der Waals surface area (Å²) in [7, 11) is -2.23. The molecule has 1 fully saturated rings. The van der Waals surface area contributed by atoms with Gasteiger partial charge in [0.05, 0.1) is 11.4 Å². The Morgan fingerprint density at radius 3 is 2.08 bits per heavy atom. The summed E-state index contributed by atoms with van der Waals surface area (Å²) in [6.45, 7) is 10.1. The summed E-state index contributed by atoms with van der Waals surface area (Å²) >= 11 is 0. The average Bonchev–Trinajstić information content (AvgIpc) is 2.53. The van der Waals surface area contributed by atoms with Crippen molar-refractivity contribution >= 4 is 28.3 Å². The number of hydrogen-bond donors (Lipinski definition) is 1. The molecule has 0 spiro atoms. The number of aryl methyl sites for hydroxylation is 2. The largest absolute Gasteiger partial charge is 0.339 e. The van der Waals surface area contributed by atoms with E-state index in [0.717, 1.165) is 35.3 Å². The molecule has 1 saturated heterocycles. The van der Waals surface area contributed by atoms with Gasteiger partial charge in [-0.05, 0) is 49.9 Å². The lowest BCUT2D eigenvalue weighted by Crippen LogP contribution is -2.49. The van der Waals surface area contributed by atoms with Crippen molar-refractivity contribution in [2.75, 3.05) is 39.8 Å². The molecule has 0 radical (unpaired) electrons. The van der Waals surface area contributed by atoms with Crippen LogP contribution in [0.25, 0.3) is 0 Å². The van der Waals surface area contributed by atoms with Gasteiger partial charge in [0.1, 0.15) is 0 Å². The van der Waals surface area contributed by atoms with Gasteiger partial charge in [0.25, 0.3) is 0 Å². The maximum absolute atomic E-state index is 13.0.